The molecule has 0 aliphatic carbocycles. The van der Waals surface area contributed by atoms with Gasteiger partial charge >= 0.3 is 0 Å². The van der Waals surface area contributed by atoms with Crippen LogP contribution in [-0.2, 0) is 13.1 Å². The highest BCUT2D eigenvalue weighted by atomic mass is 127. The summed E-state index contributed by atoms with van der Waals surface area (Å²) in [5.74, 6) is 0.0984. The third kappa shape index (κ3) is 6.81. The third-order valence-corrected chi connectivity index (χ3v) is 3.23. The SMILES string of the molecule is CCOc1cc(CNC(=NC)NCc2cc(F)ccc2F)ccn1.I. The van der Waals surface area contributed by atoms with Crippen molar-refractivity contribution in [2.75, 3.05) is 13.7 Å². The van der Waals surface area contributed by atoms with Crippen LogP contribution in [0.25, 0.3) is 0 Å². The summed E-state index contributed by atoms with van der Waals surface area (Å²) < 4.78 is 32.1. The van der Waals surface area contributed by atoms with Crippen molar-refractivity contribution in [2.45, 2.75) is 20.0 Å². The Morgan fingerprint density at radius 2 is 1.92 bits per heavy atom. The van der Waals surface area contributed by atoms with Gasteiger partial charge in [-0.2, -0.15) is 0 Å². The Bertz CT molecular complexity index is 713. The van der Waals surface area contributed by atoms with Crippen LogP contribution in [0.4, 0.5) is 8.78 Å². The van der Waals surface area contributed by atoms with E-state index in [1.807, 2.05) is 19.1 Å². The quantitative estimate of drug-likeness (QED) is 0.393. The van der Waals surface area contributed by atoms with Gasteiger partial charge in [-0.05, 0) is 36.8 Å². The molecule has 0 saturated heterocycles. The predicted molar refractivity (Wildman–Crippen MR) is 104 cm³/mol. The minimum atomic E-state index is -0.476. The second-order valence-electron chi connectivity index (χ2n) is 4.95. The van der Waals surface area contributed by atoms with E-state index in [1.165, 1.54) is 0 Å². The predicted octanol–water partition coefficient (Wildman–Crippen LogP) is 3.24. The van der Waals surface area contributed by atoms with Crippen LogP contribution < -0.4 is 15.4 Å². The van der Waals surface area contributed by atoms with Gasteiger partial charge in [0.15, 0.2) is 5.96 Å². The summed E-state index contributed by atoms with van der Waals surface area (Å²) >= 11 is 0. The fraction of sp³-hybridized carbons (Fsp3) is 0.294. The van der Waals surface area contributed by atoms with Crippen molar-refractivity contribution in [3.05, 3.63) is 59.3 Å². The molecule has 1 aromatic heterocycles. The Hall–Kier alpha value is -1.97. The first-order chi connectivity index (χ1) is 11.6. The third-order valence-electron chi connectivity index (χ3n) is 3.23. The van der Waals surface area contributed by atoms with Crippen molar-refractivity contribution >= 4 is 29.9 Å². The molecule has 2 aromatic rings. The van der Waals surface area contributed by atoms with Crippen LogP contribution in [0.15, 0.2) is 41.5 Å². The largest absolute Gasteiger partial charge is 0.478 e. The lowest BCUT2D eigenvalue weighted by molar-refractivity contribution is 0.326. The molecule has 0 radical (unpaired) electrons. The molecule has 2 rings (SSSR count). The van der Waals surface area contributed by atoms with Crippen molar-refractivity contribution < 1.29 is 13.5 Å². The highest BCUT2D eigenvalue weighted by Crippen LogP contribution is 2.10. The lowest BCUT2D eigenvalue weighted by Crippen LogP contribution is -2.36. The number of hydrogen-bond acceptors (Lipinski definition) is 3. The van der Waals surface area contributed by atoms with Crippen LogP contribution in [0, 0.1) is 11.6 Å². The molecule has 0 fully saturated rings. The van der Waals surface area contributed by atoms with Crippen LogP contribution >= 0.6 is 24.0 Å². The van der Waals surface area contributed by atoms with Gasteiger partial charge < -0.3 is 15.4 Å². The van der Waals surface area contributed by atoms with Crippen LogP contribution in [0.2, 0.25) is 0 Å². The summed E-state index contributed by atoms with van der Waals surface area (Å²) in [4.78, 5) is 8.16. The smallest absolute Gasteiger partial charge is 0.213 e. The van der Waals surface area contributed by atoms with Gasteiger partial charge in [0, 0.05) is 38.0 Å². The van der Waals surface area contributed by atoms with E-state index < -0.39 is 11.6 Å². The number of nitrogens with zero attached hydrogens (tertiary/aromatic N) is 2. The molecule has 1 heterocycles. The standard InChI is InChI=1S/C17H20F2N4O.HI/c1-3-24-16-8-12(6-7-21-16)10-22-17(20-2)23-11-13-9-14(18)4-5-15(13)19;/h4-9H,3,10-11H2,1-2H3,(H2,20,22,23);1H. The van der Waals surface area contributed by atoms with Gasteiger partial charge in [0.25, 0.3) is 0 Å². The molecule has 0 bridgehead atoms. The number of ether oxygens (including phenoxy) is 1. The maximum absolute atomic E-state index is 13.6. The molecule has 0 amide bonds. The molecule has 0 atom stereocenters. The van der Waals surface area contributed by atoms with Crippen molar-refractivity contribution in [2.24, 2.45) is 4.99 Å². The maximum Gasteiger partial charge on any atom is 0.213 e. The molecule has 25 heavy (non-hydrogen) atoms. The van der Waals surface area contributed by atoms with Crippen LogP contribution in [-0.4, -0.2) is 24.6 Å². The normalized spacial score (nSPS) is 10.8. The first-order valence-corrected chi connectivity index (χ1v) is 7.58. The van der Waals surface area contributed by atoms with E-state index in [-0.39, 0.29) is 36.1 Å². The molecule has 136 valence electrons. The van der Waals surface area contributed by atoms with Crippen molar-refractivity contribution in [3.8, 4) is 5.88 Å². The van der Waals surface area contributed by atoms with Crippen molar-refractivity contribution in [3.63, 3.8) is 0 Å². The molecular formula is C17H21F2IN4O. The lowest BCUT2D eigenvalue weighted by atomic mass is 10.2. The van der Waals surface area contributed by atoms with Gasteiger partial charge in [-0.25, -0.2) is 13.8 Å². The van der Waals surface area contributed by atoms with Gasteiger partial charge in [-0.3, -0.25) is 4.99 Å². The van der Waals surface area contributed by atoms with Gasteiger partial charge in [-0.15, -0.1) is 24.0 Å². The minimum absolute atomic E-state index is 0. The second kappa shape index (κ2) is 10.8. The first kappa shape index (κ1) is 21.1. The summed E-state index contributed by atoms with van der Waals surface area (Å²) in [5, 5.41) is 6.05. The monoisotopic (exact) mass is 462 g/mol. The average molecular weight is 462 g/mol. The molecule has 0 aliphatic heterocycles. The number of halogens is 3. The summed E-state index contributed by atoms with van der Waals surface area (Å²) in [7, 11) is 1.61. The van der Waals surface area contributed by atoms with Crippen molar-refractivity contribution in [1.29, 1.82) is 0 Å². The minimum Gasteiger partial charge on any atom is -0.478 e. The highest BCUT2D eigenvalue weighted by molar-refractivity contribution is 14.0. The number of hydrogen-bond donors (Lipinski definition) is 2. The Labute approximate surface area is 162 Å². The van der Waals surface area contributed by atoms with Gasteiger partial charge in [0.05, 0.1) is 6.61 Å². The lowest BCUT2D eigenvalue weighted by Gasteiger charge is -2.13. The van der Waals surface area contributed by atoms with Crippen LogP contribution in [0.5, 0.6) is 5.88 Å². The molecule has 0 spiro atoms. The zero-order valence-corrected chi connectivity index (χ0v) is 16.4. The van der Waals surface area contributed by atoms with Crippen molar-refractivity contribution in [1.82, 2.24) is 15.6 Å². The molecule has 0 unspecified atom stereocenters. The van der Waals surface area contributed by atoms with E-state index in [0.717, 1.165) is 23.8 Å². The molecule has 0 aliphatic rings. The Morgan fingerprint density at radius 3 is 2.64 bits per heavy atom. The topological polar surface area (TPSA) is 58.5 Å². The number of nitrogens with one attached hydrogen (secondary N) is 2. The van der Waals surface area contributed by atoms with E-state index in [0.29, 0.717) is 25.0 Å². The van der Waals surface area contributed by atoms with E-state index >= 15 is 0 Å². The fourth-order valence-corrected chi connectivity index (χ4v) is 2.05. The number of benzene rings is 1. The summed E-state index contributed by atoms with van der Waals surface area (Å²) in [6.07, 6.45) is 1.67. The van der Waals surface area contributed by atoms with E-state index in [1.54, 1.807) is 13.2 Å². The summed E-state index contributed by atoms with van der Waals surface area (Å²) in [5.41, 5.74) is 1.20. The molecule has 5 nitrogen and oxygen atoms in total. The molecule has 1 aromatic carbocycles. The first-order valence-electron chi connectivity index (χ1n) is 7.58. The molecule has 8 heteroatoms. The number of aromatic nitrogens is 1. The zero-order valence-electron chi connectivity index (χ0n) is 14.1. The Balaban J connectivity index is 0.00000312. The average Bonchev–Trinajstić information content (AvgIpc) is 2.58. The summed E-state index contributed by atoms with van der Waals surface area (Å²) in [6.45, 7) is 3.06. The zero-order chi connectivity index (χ0) is 17.4. The summed E-state index contributed by atoms with van der Waals surface area (Å²) in [6, 6.07) is 7.04. The number of guanidine groups is 1. The second-order valence-corrected chi connectivity index (χ2v) is 4.95. The number of aliphatic imine (C=N–C) groups is 1. The number of rotatable bonds is 6. The van der Waals surface area contributed by atoms with Crippen LogP contribution in [0.3, 0.4) is 0 Å². The number of pyridine rings is 1. The van der Waals surface area contributed by atoms with E-state index in [2.05, 4.69) is 20.6 Å². The Kier molecular flexibility index (Phi) is 9.11. The van der Waals surface area contributed by atoms with Gasteiger partial charge in [0.2, 0.25) is 5.88 Å². The molecule has 0 saturated carbocycles. The van der Waals surface area contributed by atoms with E-state index in [9.17, 15) is 8.78 Å². The molecular weight excluding hydrogens is 441 g/mol. The van der Waals surface area contributed by atoms with Crippen LogP contribution in [0.1, 0.15) is 18.1 Å². The fourth-order valence-electron chi connectivity index (χ4n) is 2.05. The van der Waals surface area contributed by atoms with E-state index in [4.69, 9.17) is 4.74 Å². The van der Waals surface area contributed by atoms with Gasteiger partial charge in [-0.1, -0.05) is 0 Å². The maximum atomic E-state index is 13.6. The van der Waals surface area contributed by atoms with Gasteiger partial charge in [0.1, 0.15) is 11.6 Å². The Morgan fingerprint density at radius 1 is 1.16 bits per heavy atom. The molecule has 2 N–H and O–H groups in total. The highest BCUT2D eigenvalue weighted by Gasteiger charge is 2.05.